The molecular formula is C20H15FN4O2. The average molecular weight is 362 g/mol. The van der Waals surface area contributed by atoms with E-state index in [4.69, 9.17) is 10.00 Å². The van der Waals surface area contributed by atoms with Gasteiger partial charge in [-0.05, 0) is 44.2 Å². The van der Waals surface area contributed by atoms with Gasteiger partial charge in [0.25, 0.3) is 5.91 Å². The molecule has 0 bridgehead atoms. The number of aromatic nitrogens is 2. The minimum atomic E-state index is -0.522. The monoisotopic (exact) mass is 362 g/mol. The van der Waals surface area contributed by atoms with Crippen LogP contribution in [0.3, 0.4) is 0 Å². The second-order valence-electron chi connectivity index (χ2n) is 5.73. The van der Waals surface area contributed by atoms with Crippen LogP contribution in [0.15, 0.2) is 48.5 Å². The minimum absolute atomic E-state index is 0.0143. The summed E-state index contributed by atoms with van der Waals surface area (Å²) in [4.78, 5) is 20.8. The highest BCUT2D eigenvalue weighted by Crippen LogP contribution is 2.25. The molecule has 1 N–H and O–H groups in total. The lowest BCUT2D eigenvalue weighted by Crippen LogP contribution is -2.15. The molecule has 0 aliphatic rings. The SMILES string of the molecule is Cc1nc(Oc2ccccc2F)nc(C)c1NC(=O)c1cccc(C#N)c1. The average Bonchev–Trinajstić information content (AvgIpc) is 2.66. The molecule has 0 unspecified atom stereocenters. The molecule has 0 fully saturated rings. The first-order valence-electron chi connectivity index (χ1n) is 8.07. The molecule has 0 radical (unpaired) electrons. The van der Waals surface area contributed by atoms with Gasteiger partial charge in [0.15, 0.2) is 11.6 Å². The van der Waals surface area contributed by atoms with Crippen molar-refractivity contribution in [3.63, 3.8) is 0 Å². The van der Waals surface area contributed by atoms with E-state index in [2.05, 4.69) is 15.3 Å². The maximum atomic E-state index is 13.7. The van der Waals surface area contributed by atoms with E-state index in [0.29, 0.717) is 28.2 Å². The van der Waals surface area contributed by atoms with E-state index in [1.54, 1.807) is 44.2 Å². The molecule has 0 saturated heterocycles. The number of carbonyl (C=O) groups excluding carboxylic acids is 1. The molecule has 3 aromatic rings. The molecule has 0 aliphatic carbocycles. The van der Waals surface area contributed by atoms with Crippen LogP contribution in [0, 0.1) is 31.0 Å². The van der Waals surface area contributed by atoms with Crippen LogP contribution in [0.4, 0.5) is 10.1 Å². The molecule has 1 heterocycles. The van der Waals surface area contributed by atoms with Crippen LogP contribution in [-0.2, 0) is 0 Å². The van der Waals surface area contributed by atoms with E-state index in [1.165, 1.54) is 18.2 Å². The van der Waals surface area contributed by atoms with E-state index in [-0.39, 0.29) is 17.7 Å². The molecule has 27 heavy (non-hydrogen) atoms. The first kappa shape index (κ1) is 18.0. The van der Waals surface area contributed by atoms with Crippen LogP contribution in [0.25, 0.3) is 0 Å². The van der Waals surface area contributed by atoms with Gasteiger partial charge in [-0.3, -0.25) is 4.79 Å². The highest BCUT2D eigenvalue weighted by atomic mass is 19.1. The number of hydrogen-bond donors (Lipinski definition) is 1. The van der Waals surface area contributed by atoms with Crippen LogP contribution in [0.1, 0.15) is 27.3 Å². The number of nitriles is 1. The molecule has 2 aromatic carbocycles. The van der Waals surface area contributed by atoms with Crippen LogP contribution < -0.4 is 10.1 Å². The van der Waals surface area contributed by atoms with Crippen molar-refractivity contribution in [2.24, 2.45) is 0 Å². The largest absolute Gasteiger partial charge is 0.421 e. The standard InChI is InChI=1S/C20H15FN4O2/c1-12-18(25-19(26)15-7-5-6-14(10-15)11-22)13(2)24-20(23-12)27-17-9-4-3-8-16(17)21/h3-10H,1-2H3,(H,25,26). The highest BCUT2D eigenvalue weighted by Gasteiger charge is 2.15. The Kier molecular flexibility index (Phi) is 5.08. The van der Waals surface area contributed by atoms with E-state index in [1.807, 2.05) is 6.07 Å². The maximum Gasteiger partial charge on any atom is 0.322 e. The van der Waals surface area contributed by atoms with Crippen LogP contribution >= 0.6 is 0 Å². The van der Waals surface area contributed by atoms with Gasteiger partial charge in [0, 0.05) is 5.56 Å². The number of anilines is 1. The van der Waals surface area contributed by atoms with E-state index in [0.717, 1.165) is 0 Å². The van der Waals surface area contributed by atoms with Crippen molar-refractivity contribution >= 4 is 11.6 Å². The number of nitrogens with zero attached hydrogens (tertiary/aromatic N) is 3. The lowest BCUT2D eigenvalue weighted by atomic mass is 10.1. The summed E-state index contributed by atoms with van der Waals surface area (Å²) in [6.07, 6.45) is 0. The minimum Gasteiger partial charge on any atom is -0.421 e. The number of halogens is 1. The number of rotatable bonds is 4. The van der Waals surface area contributed by atoms with Crippen LogP contribution in [0.5, 0.6) is 11.8 Å². The van der Waals surface area contributed by atoms with E-state index < -0.39 is 5.82 Å². The summed E-state index contributed by atoms with van der Waals surface area (Å²) in [6, 6.07) is 14.3. The number of para-hydroxylation sites is 1. The van der Waals surface area contributed by atoms with Crippen molar-refractivity contribution in [2.45, 2.75) is 13.8 Å². The zero-order valence-electron chi connectivity index (χ0n) is 14.7. The van der Waals surface area contributed by atoms with Crippen molar-refractivity contribution in [3.05, 3.63) is 76.9 Å². The van der Waals surface area contributed by atoms with Crippen molar-refractivity contribution < 1.29 is 13.9 Å². The molecule has 3 rings (SSSR count). The normalized spacial score (nSPS) is 10.1. The van der Waals surface area contributed by atoms with Gasteiger partial charge in [-0.2, -0.15) is 15.2 Å². The number of ether oxygens (including phenoxy) is 1. The predicted molar refractivity (Wildman–Crippen MR) is 97.1 cm³/mol. The number of hydrogen-bond acceptors (Lipinski definition) is 5. The van der Waals surface area contributed by atoms with Crippen molar-refractivity contribution in [1.82, 2.24) is 9.97 Å². The molecule has 1 aromatic heterocycles. The predicted octanol–water partition coefficient (Wildman–Crippen LogP) is 4.15. The highest BCUT2D eigenvalue weighted by molar-refractivity contribution is 6.05. The Bertz CT molecular complexity index is 1040. The van der Waals surface area contributed by atoms with Crippen molar-refractivity contribution in [1.29, 1.82) is 5.26 Å². The number of amides is 1. The Labute approximate surface area is 155 Å². The lowest BCUT2D eigenvalue weighted by molar-refractivity contribution is 0.102. The summed E-state index contributed by atoms with van der Waals surface area (Å²) in [7, 11) is 0. The summed E-state index contributed by atoms with van der Waals surface area (Å²) in [5.41, 5.74) is 2.11. The van der Waals surface area contributed by atoms with Gasteiger partial charge in [0.05, 0.1) is 28.7 Å². The van der Waals surface area contributed by atoms with Crippen molar-refractivity contribution in [3.8, 4) is 17.8 Å². The van der Waals surface area contributed by atoms with Gasteiger partial charge in [-0.1, -0.05) is 18.2 Å². The Hall–Kier alpha value is -3.79. The Morgan fingerprint density at radius 3 is 2.48 bits per heavy atom. The fourth-order valence-corrected chi connectivity index (χ4v) is 2.45. The number of aryl methyl sites for hydroxylation is 2. The maximum absolute atomic E-state index is 13.7. The van der Waals surface area contributed by atoms with Crippen molar-refractivity contribution in [2.75, 3.05) is 5.32 Å². The Morgan fingerprint density at radius 1 is 1.11 bits per heavy atom. The molecule has 0 saturated carbocycles. The molecule has 7 heteroatoms. The third-order valence-electron chi connectivity index (χ3n) is 3.78. The fraction of sp³-hybridized carbons (Fsp3) is 0.100. The van der Waals surface area contributed by atoms with E-state index >= 15 is 0 Å². The zero-order valence-corrected chi connectivity index (χ0v) is 14.7. The smallest absolute Gasteiger partial charge is 0.322 e. The summed E-state index contributed by atoms with van der Waals surface area (Å²) in [6.45, 7) is 3.37. The second-order valence-corrected chi connectivity index (χ2v) is 5.73. The topological polar surface area (TPSA) is 87.9 Å². The third-order valence-corrected chi connectivity index (χ3v) is 3.78. The molecule has 0 aliphatic heterocycles. The zero-order chi connectivity index (χ0) is 19.4. The van der Waals surface area contributed by atoms with Crippen LogP contribution in [-0.4, -0.2) is 15.9 Å². The summed E-state index contributed by atoms with van der Waals surface area (Å²) < 4.78 is 19.1. The molecule has 1 amide bonds. The summed E-state index contributed by atoms with van der Waals surface area (Å²) in [5, 5.41) is 11.7. The van der Waals surface area contributed by atoms with Crippen LogP contribution in [0.2, 0.25) is 0 Å². The van der Waals surface area contributed by atoms with Gasteiger partial charge < -0.3 is 10.1 Å². The summed E-state index contributed by atoms with van der Waals surface area (Å²) >= 11 is 0. The molecular weight excluding hydrogens is 347 g/mol. The number of benzene rings is 2. The first-order chi connectivity index (χ1) is 13.0. The van der Waals surface area contributed by atoms with Gasteiger partial charge in [0.2, 0.25) is 0 Å². The number of nitrogens with one attached hydrogen (secondary N) is 1. The molecule has 0 atom stereocenters. The first-order valence-corrected chi connectivity index (χ1v) is 8.07. The fourth-order valence-electron chi connectivity index (χ4n) is 2.45. The molecule has 6 nitrogen and oxygen atoms in total. The quantitative estimate of drug-likeness (QED) is 0.753. The third kappa shape index (κ3) is 4.07. The Balaban J connectivity index is 1.84. The molecule has 134 valence electrons. The lowest BCUT2D eigenvalue weighted by Gasteiger charge is -2.12. The van der Waals surface area contributed by atoms with E-state index in [9.17, 15) is 9.18 Å². The van der Waals surface area contributed by atoms with Gasteiger partial charge in [-0.25, -0.2) is 4.39 Å². The Morgan fingerprint density at radius 2 is 1.81 bits per heavy atom. The van der Waals surface area contributed by atoms with Gasteiger partial charge in [0.1, 0.15) is 0 Å². The second kappa shape index (κ2) is 7.62. The summed E-state index contributed by atoms with van der Waals surface area (Å²) in [5.74, 6) is -0.891. The number of carbonyl (C=O) groups is 1. The molecule has 0 spiro atoms. The van der Waals surface area contributed by atoms with Gasteiger partial charge >= 0.3 is 6.01 Å². The van der Waals surface area contributed by atoms with Gasteiger partial charge in [-0.15, -0.1) is 0 Å².